The average molecular weight is 381 g/mol. The lowest BCUT2D eigenvalue weighted by Gasteiger charge is -2.08. The maximum atomic E-state index is 12.4. The van der Waals surface area contributed by atoms with Gasteiger partial charge in [-0.15, -0.1) is 0 Å². The Bertz CT molecular complexity index is 1050. The summed E-state index contributed by atoms with van der Waals surface area (Å²) in [7, 11) is 1.68. The van der Waals surface area contributed by atoms with E-state index in [1.807, 2.05) is 31.2 Å². The lowest BCUT2D eigenvalue weighted by Crippen LogP contribution is -2.28. The largest absolute Gasteiger partial charge is 0.462 e. The van der Waals surface area contributed by atoms with Crippen LogP contribution in [0.4, 0.5) is 5.69 Å². The standard InChI is InChI=1S/C21H23N3O4/c1-3-4-13-28-20(26)15-9-11-16(12-10-15)22-19(25)14-24-18-8-6-5-7-17(18)23(2)21(24)27/h5-12H,3-4,13-14H2,1-2H3,(H,22,25). The number of benzene rings is 2. The summed E-state index contributed by atoms with van der Waals surface area (Å²) in [5.41, 5.74) is 2.20. The number of aromatic nitrogens is 2. The van der Waals surface area contributed by atoms with Crippen molar-refractivity contribution in [3.63, 3.8) is 0 Å². The number of carbonyl (C=O) groups is 2. The smallest absolute Gasteiger partial charge is 0.338 e. The van der Waals surface area contributed by atoms with E-state index in [9.17, 15) is 14.4 Å². The van der Waals surface area contributed by atoms with E-state index < -0.39 is 0 Å². The second-order valence-electron chi connectivity index (χ2n) is 6.53. The molecule has 146 valence electrons. The Morgan fingerprint density at radius 1 is 1.04 bits per heavy atom. The molecule has 0 radical (unpaired) electrons. The molecule has 0 fully saturated rings. The fourth-order valence-corrected chi connectivity index (χ4v) is 2.94. The minimum Gasteiger partial charge on any atom is -0.462 e. The molecule has 0 atom stereocenters. The Balaban J connectivity index is 1.67. The zero-order chi connectivity index (χ0) is 20.1. The zero-order valence-corrected chi connectivity index (χ0v) is 16.0. The normalized spacial score (nSPS) is 10.8. The number of rotatable bonds is 7. The molecule has 0 aliphatic heterocycles. The van der Waals surface area contributed by atoms with Crippen LogP contribution in [-0.2, 0) is 23.1 Å². The summed E-state index contributed by atoms with van der Waals surface area (Å²) >= 11 is 0. The lowest BCUT2D eigenvalue weighted by molar-refractivity contribution is -0.116. The SMILES string of the molecule is CCCCOC(=O)c1ccc(NC(=O)Cn2c(=O)n(C)c3ccccc32)cc1. The fourth-order valence-electron chi connectivity index (χ4n) is 2.94. The Morgan fingerprint density at radius 3 is 2.39 bits per heavy atom. The highest BCUT2D eigenvalue weighted by Gasteiger charge is 2.13. The Kier molecular flexibility index (Phi) is 5.93. The number of fused-ring (bicyclic) bond motifs is 1. The molecule has 2 aromatic carbocycles. The van der Waals surface area contributed by atoms with Gasteiger partial charge in [-0.3, -0.25) is 13.9 Å². The van der Waals surface area contributed by atoms with Gasteiger partial charge in [0.1, 0.15) is 6.54 Å². The molecule has 0 saturated carbocycles. The summed E-state index contributed by atoms with van der Waals surface area (Å²) < 4.78 is 8.11. The van der Waals surface area contributed by atoms with Crippen LogP contribution >= 0.6 is 0 Å². The van der Waals surface area contributed by atoms with Crippen LogP contribution in [0.3, 0.4) is 0 Å². The van der Waals surface area contributed by atoms with Gasteiger partial charge in [0.25, 0.3) is 0 Å². The maximum Gasteiger partial charge on any atom is 0.338 e. The predicted octanol–water partition coefficient (Wildman–Crippen LogP) is 2.94. The summed E-state index contributed by atoms with van der Waals surface area (Å²) in [4.78, 5) is 36.7. The van der Waals surface area contributed by atoms with Crippen molar-refractivity contribution in [1.29, 1.82) is 0 Å². The first-order valence-corrected chi connectivity index (χ1v) is 9.22. The predicted molar refractivity (Wildman–Crippen MR) is 107 cm³/mol. The number of anilines is 1. The molecule has 0 bridgehead atoms. The highest BCUT2D eigenvalue weighted by molar-refractivity contribution is 5.93. The Morgan fingerprint density at radius 2 is 1.71 bits per heavy atom. The van der Waals surface area contributed by atoms with Gasteiger partial charge in [0.05, 0.1) is 23.2 Å². The van der Waals surface area contributed by atoms with E-state index in [-0.39, 0.29) is 24.1 Å². The average Bonchev–Trinajstić information content (AvgIpc) is 2.94. The van der Waals surface area contributed by atoms with Gasteiger partial charge in [0, 0.05) is 12.7 Å². The van der Waals surface area contributed by atoms with Gasteiger partial charge in [-0.1, -0.05) is 25.5 Å². The van der Waals surface area contributed by atoms with E-state index in [0.29, 0.717) is 23.4 Å². The van der Waals surface area contributed by atoms with E-state index in [1.54, 1.807) is 31.3 Å². The molecule has 1 amide bonds. The minimum atomic E-state index is -0.381. The Labute approximate surface area is 162 Å². The van der Waals surface area contributed by atoms with E-state index >= 15 is 0 Å². The molecule has 0 unspecified atom stereocenters. The van der Waals surface area contributed by atoms with Gasteiger partial charge >= 0.3 is 11.7 Å². The van der Waals surface area contributed by atoms with Crippen molar-refractivity contribution in [3.8, 4) is 0 Å². The third-order valence-corrected chi connectivity index (χ3v) is 4.49. The molecule has 0 spiro atoms. The number of carbonyl (C=O) groups excluding carboxylic acids is 2. The summed E-state index contributed by atoms with van der Waals surface area (Å²) in [5.74, 6) is -0.703. The molecular formula is C21H23N3O4. The van der Waals surface area contributed by atoms with Crippen LogP contribution in [0.25, 0.3) is 11.0 Å². The van der Waals surface area contributed by atoms with E-state index in [0.717, 1.165) is 18.4 Å². The van der Waals surface area contributed by atoms with Gasteiger partial charge in [0.15, 0.2) is 0 Å². The number of esters is 1. The number of imidazole rings is 1. The summed E-state index contributed by atoms with van der Waals surface area (Å²) in [6.07, 6.45) is 1.78. The van der Waals surface area contributed by atoms with Crippen LogP contribution in [0.1, 0.15) is 30.1 Å². The molecule has 28 heavy (non-hydrogen) atoms. The zero-order valence-electron chi connectivity index (χ0n) is 16.0. The van der Waals surface area contributed by atoms with Gasteiger partial charge in [-0.25, -0.2) is 9.59 Å². The molecular weight excluding hydrogens is 358 g/mol. The van der Waals surface area contributed by atoms with Crippen molar-refractivity contribution in [2.24, 2.45) is 7.05 Å². The summed E-state index contributed by atoms with van der Waals surface area (Å²) in [6.45, 7) is 2.33. The quantitative estimate of drug-likeness (QED) is 0.504. The number of hydrogen-bond acceptors (Lipinski definition) is 4. The van der Waals surface area contributed by atoms with Crippen molar-refractivity contribution >= 4 is 28.6 Å². The first-order chi connectivity index (χ1) is 13.5. The van der Waals surface area contributed by atoms with E-state index in [1.165, 1.54) is 9.13 Å². The second-order valence-corrected chi connectivity index (χ2v) is 6.53. The van der Waals surface area contributed by atoms with Gasteiger partial charge < -0.3 is 10.1 Å². The molecule has 1 N–H and O–H groups in total. The highest BCUT2D eigenvalue weighted by Crippen LogP contribution is 2.13. The monoisotopic (exact) mass is 381 g/mol. The number of ether oxygens (including phenoxy) is 1. The lowest BCUT2D eigenvalue weighted by atomic mass is 10.2. The topological polar surface area (TPSA) is 82.3 Å². The molecule has 3 aromatic rings. The summed E-state index contributed by atoms with van der Waals surface area (Å²) in [6, 6.07) is 13.8. The fraction of sp³-hybridized carbons (Fsp3) is 0.286. The van der Waals surface area contributed by atoms with Crippen molar-refractivity contribution in [2.75, 3.05) is 11.9 Å². The molecule has 1 heterocycles. The van der Waals surface area contributed by atoms with Crippen LogP contribution in [0.5, 0.6) is 0 Å². The third-order valence-electron chi connectivity index (χ3n) is 4.49. The molecule has 0 saturated heterocycles. The molecule has 0 aliphatic carbocycles. The molecule has 3 rings (SSSR count). The van der Waals surface area contributed by atoms with Crippen LogP contribution in [-0.4, -0.2) is 27.6 Å². The van der Waals surface area contributed by atoms with Crippen LogP contribution < -0.4 is 11.0 Å². The molecule has 0 aliphatic rings. The van der Waals surface area contributed by atoms with Crippen LogP contribution in [0, 0.1) is 0 Å². The molecule has 7 nitrogen and oxygen atoms in total. The van der Waals surface area contributed by atoms with Gasteiger partial charge in [0.2, 0.25) is 5.91 Å². The third kappa shape index (κ3) is 4.14. The maximum absolute atomic E-state index is 12.4. The number of para-hydroxylation sites is 2. The molecule has 1 aromatic heterocycles. The van der Waals surface area contributed by atoms with Crippen molar-refractivity contribution in [3.05, 3.63) is 64.6 Å². The molecule has 7 heteroatoms. The highest BCUT2D eigenvalue weighted by atomic mass is 16.5. The number of unbranched alkanes of at least 4 members (excludes halogenated alkanes) is 1. The van der Waals surface area contributed by atoms with Gasteiger partial charge in [-0.05, 0) is 42.8 Å². The van der Waals surface area contributed by atoms with E-state index in [4.69, 9.17) is 4.74 Å². The second kappa shape index (κ2) is 8.56. The summed E-state index contributed by atoms with van der Waals surface area (Å²) in [5, 5.41) is 2.75. The van der Waals surface area contributed by atoms with Crippen molar-refractivity contribution in [2.45, 2.75) is 26.3 Å². The number of nitrogens with one attached hydrogen (secondary N) is 1. The van der Waals surface area contributed by atoms with Crippen LogP contribution in [0.15, 0.2) is 53.3 Å². The van der Waals surface area contributed by atoms with Crippen LogP contribution in [0.2, 0.25) is 0 Å². The number of amides is 1. The number of hydrogen-bond donors (Lipinski definition) is 1. The first-order valence-electron chi connectivity index (χ1n) is 9.22. The van der Waals surface area contributed by atoms with Crippen molar-refractivity contribution < 1.29 is 14.3 Å². The number of aryl methyl sites for hydroxylation is 1. The van der Waals surface area contributed by atoms with E-state index in [2.05, 4.69) is 5.32 Å². The number of nitrogens with zero attached hydrogens (tertiary/aromatic N) is 2. The van der Waals surface area contributed by atoms with Crippen molar-refractivity contribution in [1.82, 2.24) is 9.13 Å². The van der Waals surface area contributed by atoms with Gasteiger partial charge in [-0.2, -0.15) is 0 Å². The minimum absolute atomic E-state index is 0.0962. The Hall–Kier alpha value is -3.35. The first kappa shape index (κ1) is 19.4.